The molecule has 0 aliphatic heterocycles. The second-order valence-electron chi connectivity index (χ2n) is 5.36. The van der Waals surface area contributed by atoms with Gasteiger partial charge in [-0.15, -0.1) is 11.3 Å². The third-order valence-electron chi connectivity index (χ3n) is 3.60. The van der Waals surface area contributed by atoms with E-state index < -0.39 is 0 Å². The van der Waals surface area contributed by atoms with E-state index in [0.717, 1.165) is 22.0 Å². The third-order valence-corrected chi connectivity index (χ3v) is 5.02. The summed E-state index contributed by atoms with van der Waals surface area (Å²) < 4.78 is 2.34. The maximum absolute atomic E-state index is 12.8. The molecule has 5 nitrogen and oxygen atoms in total. The summed E-state index contributed by atoms with van der Waals surface area (Å²) in [5.74, 6) is -0.180. The van der Waals surface area contributed by atoms with Crippen molar-refractivity contribution >= 4 is 43.4 Å². The highest BCUT2D eigenvalue weighted by Crippen LogP contribution is 2.31. The normalized spacial score (nSPS) is 10.9. The number of carbonyl (C=O) groups excluding carboxylic acids is 1. The van der Waals surface area contributed by atoms with Crippen molar-refractivity contribution < 1.29 is 4.79 Å². The van der Waals surface area contributed by atoms with Gasteiger partial charge in [-0.3, -0.25) is 14.2 Å². The molecule has 0 spiro atoms. The van der Waals surface area contributed by atoms with Gasteiger partial charge in [0.05, 0.1) is 11.7 Å². The fraction of sp³-hybridized carbons (Fsp3) is 0.235. The highest BCUT2D eigenvalue weighted by molar-refractivity contribution is 9.10. The van der Waals surface area contributed by atoms with Crippen LogP contribution in [0.2, 0.25) is 0 Å². The summed E-state index contributed by atoms with van der Waals surface area (Å²) in [5.41, 5.74) is 1.62. The number of carbonyl (C=O) groups is 1. The molecule has 2 heterocycles. The van der Waals surface area contributed by atoms with Crippen molar-refractivity contribution in [1.82, 2.24) is 14.9 Å². The topological polar surface area (TPSA) is 64.0 Å². The number of nitrogens with one attached hydrogen (secondary N) is 1. The molecule has 24 heavy (non-hydrogen) atoms. The molecule has 1 amide bonds. The number of hydrogen-bond donors (Lipinski definition) is 1. The van der Waals surface area contributed by atoms with Crippen molar-refractivity contribution in [3.8, 4) is 11.1 Å². The van der Waals surface area contributed by atoms with Crippen molar-refractivity contribution in [2.75, 3.05) is 6.54 Å². The molecule has 7 heteroatoms. The van der Waals surface area contributed by atoms with Gasteiger partial charge in [0.25, 0.3) is 5.56 Å². The molecule has 0 aliphatic carbocycles. The lowest BCUT2D eigenvalue weighted by Gasteiger charge is -2.07. The quantitative estimate of drug-likeness (QED) is 0.707. The average molecular weight is 406 g/mol. The number of thiophene rings is 1. The average Bonchev–Trinajstić information content (AvgIpc) is 3.01. The Bertz CT molecular complexity index is 931. The minimum absolute atomic E-state index is 0.0165. The number of halogens is 1. The van der Waals surface area contributed by atoms with Crippen molar-refractivity contribution in [2.24, 2.45) is 0 Å². The zero-order valence-corrected chi connectivity index (χ0v) is 15.5. The second kappa shape index (κ2) is 7.27. The van der Waals surface area contributed by atoms with E-state index in [9.17, 15) is 9.59 Å². The van der Waals surface area contributed by atoms with Crippen LogP contribution in [0.4, 0.5) is 0 Å². The first-order chi connectivity index (χ1) is 11.6. The molecule has 3 rings (SSSR count). The summed E-state index contributed by atoms with van der Waals surface area (Å²) in [4.78, 5) is 29.7. The first-order valence-electron chi connectivity index (χ1n) is 7.59. The number of benzene rings is 1. The van der Waals surface area contributed by atoms with Crippen molar-refractivity contribution in [3.63, 3.8) is 0 Å². The molecule has 2 aromatic heterocycles. The first-order valence-corrected chi connectivity index (χ1v) is 9.26. The van der Waals surface area contributed by atoms with Crippen LogP contribution in [0.15, 0.2) is 45.2 Å². The van der Waals surface area contributed by atoms with Crippen LogP contribution in [0.3, 0.4) is 0 Å². The van der Waals surface area contributed by atoms with Gasteiger partial charge in [0.1, 0.15) is 11.4 Å². The largest absolute Gasteiger partial charge is 0.355 e. The fourth-order valence-corrected chi connectivity index (χ4v) is 3.57. The number of amides is 1. The van der Waals surface area contributed by atoms with Gasteiger partial charge in [-0.25, -0.2) is 4.98 Å². The van der Waals surface area contributed by atoms with Gasteiger partial charge in [0.15, 0.2) is 0 Å². The zero-order valence-electron chi connectivity index (χ0n) is 13.1. The van der Waals surface area contributed by atoms with E-state index >= 15 is 0 Å². The van der Waals surface area contributed by atoms with E-state index in [4.69, 9.17) is 0 Å². The number of aromatic nitrogens is 2. The summed E-state index contributed by atoms with van der Waals surface area (Å²) in [6, 6.07) is 7.78. The smallest absolute Gasteiger partial charge is 0.263 e. The molecule has 0 saturated heterocycles. The summed E-state index contributed by atoms with van der Waals surface area (Å²) in [6.45, 7) is 2.57. The molecule has 0 saturated carbocycles. The highest BCUT2D eigenvalue weighted by Gasteiger charge is 2.14. The predicted octanol–water partition coefficient (Wildman–Crippen LogP) is 3.41. The standard InChI is InChI=1S/C17H16BrN3O2S/c1-2-7-19-14(22)8-21-10-20-16-15(17(21)23)13(9-24-16)11-3-5-12(18)6-4-11/h3-6,9-10H,2,7-8H2,1H3,(H,19,22). The van der Waals surface area contributed by atoms with Crippen LogP contribution >= 0.6 is 27.3 Å². The molecule has 124 valence electrons. The number of nitrogens with zero attached hydrogens (tertiary/aromatic N) is 2. The fourth-order valence-electron chi connectivity index (χ4n) is 2.40. The summed E-state index contributed by atoms with van der Waals surface area (Å²) in [7, 11) is 0. The molecule has 0 bridgehead atoms. The van der Waals surface area contributed by atoms with E-state index in [1.165, 1.54) is 22.2 Å². The van der Waals surface area contributed by atoms with Gasteiger partial charge in [0, 0.05) is 22.0 Å². The van der Waals surface area contributed by atoms with Gasteiger partial charge in [-0.05, 0) is 24.1 Å². The van der Waals surface area contributed by atoms with E-state index in [-0.39, 0.29) is 18.0 Å². The van der Waals surface area contributed by atoms with E-state index in [1.54, 1.807) is 0 Å². The molecule has 1 aromatic carbocycles. The van der Waals surface area contributed by atoms with Crippen molar-refractivity contribution in [1.29, 1.82) is 0 Å². The lowest BCUT2D eigenvalue weighted by molar-refractivity contribution is -0.121. The van der Waals surface area contributed by atoms with Gasteiger partial charge in [0.2, 0.25) is 5.91 Å². The third kappa shape index (κ3) is 3.42. The zero-order chi connectivity index (χ0) is 17.1. The maximum atomic E-state index is 12.8. The molecule has 0 unspecified atom stereocenters. The van der Waals surface area contributed by atoms with E-state index in [0.29, 0.717) is 16.8 Å². The van der Waals surface area contributed by atoms with E-state index in [2.05, 4.69) is 26.2 Å². The van der Waals surface area contributed by atoms with Gasteiger partial charge >= 0.3 is 0 Å². The Morgan fingerprint density at radius 1 is 1.33 bits per heavy atom. The van der Waals surface area contributed by atoms with Gasteiger partial charge in [-0.2, -0.15) is 0 Å². The van der Waals surface area contributed by atoms with Crippen LogP contribution in [0.1, 0.15) is 13.3 Å². The monoisotopic (exact) mass is 405 g/mol. The van der Waals surface area contributed by atoms with Crippen LogP contribution in [-0.2, 0) is 11.3 Å². The van der Waals surface area contributed by atoms with Crippen molar-refractivity contribution in [2.45, 2.75) is 19.9 Å². The lowest BCUT2D eigenvalue weighted by Crippen LogP contribution is -2.32. The maximum Gasteiger partial charge on any atom is 0.263 e. The van der Waals surface area contributed by atoms with Crippen molar-refractivity contribution in [3.05, 3.63) is 50.8 Å². The summed E-state index contributed by atoms with van der Waals surface area (Å²) >= 11 is 4.84. The first kappa shape index (κ1) is 16.9. The summed E-state index contributed by atoms with van der Waals surface area (Å²) in [6.07, 6.45) is 2.30. The van der Waals surface area contributed by atoms with Crippen LogP contribution < -0.4 is 10.9 Å². The van der Waals surface area contributed by atoms with Crippen LogP contribution in [0.5, 0.6) is 0 Å². The Labute approximate surface area is 151 Å². The van der Waals surface area contributed by atoms with E-state index in [1.807, 2.05) is 36.6 Å². The molecule has 0 aliphatic rings. The number of rotatable bonds is 5. The minimum Gasteiger partial charge on any atom is -0.355 e. The Morgan fingerprint density at radius 2 is 2.08 bits per heavy atom. The highest BCUT2D eigenvalue weighted by atomic mass is 79.9. The molecule has 0 fully saturated rings. The second-order valence-corrected chi connectivity index (χ2v) is 7.14. The molecule has 3 aromatic rings. The molecular formula is C17H16BrN3O2S. The van der Waals surface area contributed by atoms with Crippen LogP contribution in [-0.4, -0.2) is 22.0 Å². The molecule has 0 atom stereocenters. The Morgan fingerprint density at radius 3 is 2.79 bits per heavy atom. The number of fused-ring (bicyclic) bond motifs is 1. The summed E-state index contributed by atoms with van der Waals surface area (Å²) in [5, 5.41) is 5.27. The lowest BCUT2D eigenvalue weighted by atomic mass is 10.1. The van der Waals surface area contributed by atoms with Crippen LogP contribution in [0, 0.1) is 0 Å². The van der Waals surface area contributed by atoms with Gasteiger partial charge < -0.3 is 5.32 Å². The minimum atomic E-state index is -0.189. The Hall–Kier alpha value is -1.99. The Balaban J connectivity index is 2.01. The Kier molecular flexibility index (Phi) is 5.11. The number of hydrogen-bond acceptors (Lipinski definition) is 4. The van der Waals surface area contributed by atoms with Gasteiger partial charge in [-0.1, -0.05) is 35.0 Å². The molecular weight excluding hydrogens is 390 g/mol. The predicted molar refractivity (Wildman–Crippen MR) is 100 cm³/mol. The molecule has 1 N–H and O–H groups in total. The van der Waals surface area contributed by atoms with Crippen LogP contribution in [0.25, 0.3) is 21.3 Å². The SMILES string of the molecule is CCCNC(=O)Cn1cnc2scc(-c3ccc(Br)cc3)c2c1=O. The molecule has 0 radical (unpaired) electrons.